The fourth-order valence-corrected chi connectivity index (χ4v) is 1.39. The van der Waals surface area contributed by atoms with Crippen molar-refractivity contribution in [2.45, 2.75) is 12.2 Å². The minimum Gasteiger partial charge on any atom is -0.368 e. The van der Waals surface area contributed by atoms with Crippen LogP contribution in [0, 0.1) is 0 Å². The minimum atomic E-state index is -3.01. The third kappa shape index (κ3) is 3.16. The van der Waals surface area contributed by atoms with Crippen molar-refractivity contribution in [3.63, 3.8) is 0 Å². The van der Waals surface area contributed by atoms with Crippen LogP contribution in [0.2, 0.25) is 0 Å². The summed E-state index contributed by atoms with van der Waals surface area (Å²) >= 11 is 0. The fraction of sp³-hybridized carbons (Fsp3) is 0.182. The summed E-state index contributed by atoms with van der Waals surface area (Å²) < 4.78 is 0. The molecule has 2 aromatic rings. The van der Waals surface area contributed by atoms with Gasteiger partial charge in [0.2, 0.25) is 18.2 Å². The Bertz CT molecular complexity index is 591. The highest BCUT2D eigenvalue weighted by Crippen LogP contribution is 2.18. The van der Waals surface area contributed by atoms with E-state index in [2.05, 4.69) is 15.0 Å². The van der Waals surface area contributed by atoms with Crippen LogP contribution in [0.5, 0.6) is 0 Å². The molecule has 0 aliphatic carbocycles. The van der Waals surface area contributed by atoms with Crippen LogP contribution in [0.4, 0.5) is 11.9 Å². The summed E-state index contributed by atoms with van der Waals surface area (Å²) in [7, 11) is 0. The molecule has 2 rings (SSSR count). The van der Waals surface area contributed by atoms with E-state index in [9.17, 15) is 10.2 Å². The number of nitrogens with two attached hydrogens (primary N) is 1. The summed E-state index contributed by atoms with van der Waals surface area (Å²) in [6.07, 6.45) is -2.46. The Labute approximate surface area is 113 Å². The third-order valence-electron chi connectivity index (χ3n) is 2.34. The van der Waals surface area contributed by atoms with Gasteiger partial charge in [0.25, 0.3) is 5.91 Å². The topological polar surface area (TPSA) is 158 Å². The molecule has 0 aliphatic heterocycles. The van der Waals surface area contributed by atoms with Crippen molar-refractivity contribution in [2.24, 2.45) is 0 Å². The molecule has 1 aromatic heterocycles. The zero-order chi connectivity index (χ0) is 14.8. The molecule has 0 spiro atoms. The van der Waals surface area contributed by atoms with E-state index in [1.54, 1.807) is 24.3 Å². The van der Waals surface area contributed by atoms with Crippen LogP contribution in [-0.2, 0) is 0 Å². The van der Waals surface area contributed by atoms with E-state index < -0.39 is 12.2 Å². The molecule has 106 valence electrons. The Kier molecular flexibility index (Phi) is 3.77. The smallest absolute Gasteiger partial charge is 0.300 e. The first kappa shape index (κ1) is 14.1. The quantitative estimate of drug-likeness (QED) is 0.365. The third-order valence-corrected chi connectivity index (χ3v) is 2.34. The van der Waals surface area contributed by atoms with Crippen molar-refractivity contribution < 1.29 is 20.4 Å². The van der Waals surface area contributed by atoms with Crippen molar-refractivity contribution in [3.8, 4) is 11.4 Å². The Morgan fingerprint density at radius 2 is 1.70 bits per heavy atom. The van der Waals surface area contributed by atoms with Gasteiger partial charge in [-0.25, -0.2) is 0 Å². The maximum absolute atomic E-state index is 9.30. The maximum atomic E-state index is 9.30. The molecule has 9 heteroatoms. The molecule has 0 radical (unpaired) electrons. The summed E-state index contributed by atoms with van der Waals surface area (Å²) in [5, 5.41) is 38.1. The SMILES string of the molecule is Nc1nc(NC(O)(O)C(O)O)nc(-c2ccccc2)n1. The van der Waals surface area contributed by atoms with Gasteiger partial charge in [-0.1, -0.05) is 30.3 Å². The van der Waals surface area contributed by atoms with E-state index in [-0.39, 0.29) is 17.7 Å². The van der Waals surface area contributed by atoms with Gasteiger partial charge in [0.05, 0.1) is 0 Å². The fourth-order valence-electron chi connectivity index (χ4n) is 1.39. The average Bonchev–Trinajstić information content (AvgIpc) is 2.38. The summed E-state index contributed by atoms with van der Waals surface area (Å²) in [6, 6.07) is 8.79. The number of hydrogen-bond donors (Lipinski definition) is 6. The lowest BCUT2D eigenvalue weighted by Crippen LogP contribution is -2.49. The summed E-state index contributed by atoms with van der Waals surface area (Å²) in [5.41, 5.74) is 6.14. The largest absolute Gasteiger partial charge is 0.368 e. The van der Waals surface area contributed by atoms with Crippen molar-refractivity contribution in [3.05, 3.63) is 30.3 Å². The first-order chi connectivity index (χ1) is 9.38. The van der Waals surface area contributed by atoms with Gasteiger partial charge in [-0.2, -0.15) is 15.0 Å². The summed E-state index contributed by atoms with van der Waals surface area (Å²) in [6.45, 7) is 0. The van der Waals surface area contributed by atoms with E-state index in [1.165, 1.54) is 0 Å². The molecule has 0 fully saturated rings. The molecule has 1 aromatic carbocycles. The monoisotopic (exact) mass is 279 g/mol. The van der Waals surface area contributed by atoms with Crippen LogP contribution in [0.1, 0.15) is 0 Å². The number of benzene rings is 1. The lowest BCUT2D eigenvalue weighted by atomic mass is 10.2. The molecular weight excluding hydrogens is 266 g/mol. The predicted molar refractivity (Wildman–Crippen MR) is 68.7 cm³/mol. The van der Waals surface area contributed by atoms with Gasteiger partial charge in [-0.05, 0) is 0 Å². The Hall–Kier alpha value is -2.33. The highest BCUT2D eigenvalue weighted by Gasteiger charge is 2.33. The Morgan fingerprint density at radius 3 is 2.30 bits per heavy atom. The maximum Gasteiger partial charge on any atom is 0.300 e. The number of aliphatic hydroxyl groups excluding tert-OH is 1. The van der Waals surface area contributed by atoms with Crippen molar-refractivity contribution in [1.29, 1.82) is 0 Å². The first-order valence-electron chi connectivity index (χ1n) is 5.54. The van der Waals surface area contributed by atoms with Crippen LogP contribution >= 0.6 is 0 Å². The molecule has 20 heavy (non-hydrogen) atoms. The highest BCUT2D eigenvalue weighted by molar-refractivity contribution is 5.57. The molecular formula is C11H13N5O4. The molecule has 0 saturated carbocycles. The molecule has 9 nitrogen and oxygen atoms in total. The average molecular weight is 279 g/mol. The van der Waals surface area contributed by atoms with Crippen LogP contribution in [0.25, 0.3) is 11.4 Å². The van der Waals surface area contributed by atoms with Gasteiger partial charge < -0.3 is 26.2 Å². The van der Waals surface area contributed by atoms with Gasteiger partial charge in [0.1, 0.15) is 0 Å². The molecule has 0 unspecified atom stereocenters. The van der Waals surface area contributed by atoms with Crippen molar-refractivity contribution in [1.82, 2.24) is 15.0 Å². The number of aliphatic hydroxyl groups is 4. The molecule has 0 aliphatic rings. The van der Waals surface area contributed by atoms with E-state index in [4.69, 9.17) is 15.9 Å². The van der Waals surface area contributed by atoms with Gasteiger partial charge >= 0.3 is 0 Å². The number of nitrogen functional groups attached to an aromatic ring is 1. The number of nitrogens with zero attached hydrogens (tertiary/aromatic N) is 3. The van der Waals surface area contributed by atoms with E-state index in [0.29, 0.717) is 5.56 Å². The van der Waals surface area contributed by atoms with E-state index in [1.807, 2.05) is 11.4 Å². The van der Waals surface area contributed by atoms with Crippen molar-refractivity contribution in [2.75, 3.05) is 11.1 Å². The van der Waals surface area contributed by atoms with Gasteiger partial charge in [-0.3, -0.25) is 5.32 Å². The van der Waals surface area contributed by atoms with Gasteiger partial charge in [0, 0.05) is 5.56 Å². The van der Waals surface area contributed by atoms with Crippen LogP contribution < -0.4 is 11.1 Å². The Morgan fingerprint density at radius 1 is 1.05 bits per heavy atom. The van der Waals surface area contributed by atoms with E-state index >= 15 is 0 Å². The number of aromatic nitrogens is 3. The predicted octanol–water partition coefficient (Wildman–Crippen LogP) is -1.52. The highest BCUT2D eigenvalue weighted by atomic mass is 16.6. The molecule has 7 N–H and O–H groups in total. The van der Waals surface area contributed by atoms with Gasteiger partial charge in [0.15, 0.2) is 5.82 Å². The number of nitrogens with one attached hydrogen (secondary N) is 1. The second-order valence-electron chi connectivity index (χ2n) is 3.93. The van der Waals surface area contributed by atoms with Gasteiger partial charge in [-0.15, -0.1) is 0 Å². The van der Waals surface area contributed by atoms with Crippen LogP contribution in [0.3, 0.4) is 0 Å². The summed E-state index contributed by atoms with van der Waals surface area (Å²) in [4.78, 5) is 11.5. The lowest BCUT2D eigenvalue weighted by molar-refractivity contribution is -0.272. The number of anilines is 2. The standard InChI is InChI=1S/C11H13N5O4/c12-9-13-7(6-4-2-1-3-5-6)14-10(15-9)16-11(19,20)8(17)18/h1-5,8,17-20H,(H3,12,13,14,15,16). The van der Waals surface area contributed by atoms with E-state index in [0.717, 1.165) is 0 Å². The lowest BCUT2D eigenvalue weighted by Gasteiger charge is -2.24. The second kappa shape index (κ2) is 5.35. The first-order valence-corrected chi connectivity index (χ1v) is 5.54. The Balaban J connectivity index is 2.35. The minimum absolute atomic E-state index is 0.162. The van der Waals surface area contributed by atoms with Crippen LogP contribution in [0.15, 0.2) is 30.3 Å². The zero-order valence-electron chi connectivity index (χ0n) is 10.2. The zero-order valence-corrected chi connectivity index (χ0v) is 10.2. The van der Waals surface area contributed by atoms with Crippen LogP contribution in [-0.4, -0.2) is 47.6 Å². The molecule has 0 bridgehead atoms. The number of rotatable bonds is 4. The molecule has 1 heterocycles. The molecule has 0 atom stereocenters. The molecule has 0 amide bonds. The number of hydrogen-bond acceptors (Lipinski definition) is 9. The second-order valence-corrected chi connectivity index (χ2v) is 3.93. The normalized spacial score (nSPS) is 11.7. The molecule has 0 saturated heterocycles. The summed E-state index contributed by atoms with van der Waals surface area (Å²) in [5.74, 6) is -3.29. The van der Waals surface area contributed by atoms with Crippen molar-refractivity contribution >= 4 is 11.9 Å².